The monoisotopic (exact) mass is 434 g/mol. The van der Waals surface area contributed by atoms with Crippen LogP contribution in [0.3, 0.4) is 0 Å². The van der Waals surface area contributed by atoms with Crippen molar-refractivity contribution < 1.29 is 24.6 Å². The minimum atomic E-state index is -1.07. The van der Waals surface area contributed by atoms with Crippen LogP contribution in [0.15, 0.2) is 40.6 Å². The van der Waals surface area contributed by atoms with Gasteiger partial charge in [-0.3, -0.25) is 14.7 Å². The summed E-state index contributed by atoms with van der Waals surface area (Å²) in [7, 11) is 1.43. The summed E-state index contributed by atoms with van der Waals surface area (Å²) >= 11 is 1.20. The molecule has 0 spiro atoms. The first kappa shape index (κ1) is 20.4. The van der Waals surface area contributed by atoms with Gasteiger partial charge in [0.2, 0.25) is 0 Å². The standard InChI is InChI=1S/C17H18N6O6S/c1-28-13-12(25)10(6-24)29-16(13)22-15-11(14(18)19-7-20-15)21-17(22)30-9-4-2-8(3-5-9)23(26)27/h2-5,7,10,12-13,16,24-25H,6H2,1H3,(H2,18,19,20)/t10-,12-,13-,16-/m1/s1. The molecule has 0 saturated carbocycles. The predicted octanol–water partition coefficient (Wildman–Crippen LogP) is 0.734. The van der Waals surface area contributed by atoms with Crippen LogP contribution in [0.4, 0.5) is 11.5 Å². The molecular weight excluding hydrogens is 416 g/mol. The van der Waals surface area contributed by atoms with Crippen molar-refractivity contribution in [2.45, 2.75) is 34.6 Å². The van der Waals surface area contributed by atoms with Crippen LogP contribution in [0.2, 0.25) is 0 Å². The number of aliphatic hydroxyl groups is 2. The van der Waals surface area contributed by atoms with Crippen molar-refractivity contribution in [2.75, 3.05) is 19.5 Å². The number of nitro groups is 1. The van der Waals surface area contributed by atoms with Gasteiger partial charge < -0.3 is 25.4 Å². The van der Waals surface area contributed by atoms with Gasteiger partial charge in [-0.15, -0.1) is 0 Å². The molecule has 0 bridgehead atoms. The summed E-state index contributed by atoms with van der Waals surface area (Å²) in [6.45, 7) is -0.397. The molecule has 3 aromatic rings. The van der Waals surface area contributed by atoms with Crippen LogP contribution in [0.25, 0.3) is 11.2 Å². The number of nitrogen functional groups attached to an aromatic ring is 1. The zero-order chi connectivity index (χ0) is 21.4. The fourth-order valence-electron chi connectivity index (χ4n) is 3.28. The van der Waals surface area contributed by atoms with E-state index in [2.05, 4.69) is 15.0 Å². The molecule has 1 aliphatic rings. The number of nitro benzene ring substituents is 1. The van der Waals surface area contributed by atoms with Gasteiger partial charge in [-0.2, -0.15) is 0 Å². The van der Waals surface area contributed by atoms with Crippen LogP contribution in [0, 0.1) is 10.1 Å². The Labute approximate surface area is 173 Å². The molecule has 1 aromatic carbocycles. The van der Waals surface area contributed by atoms with Crippen LogP contribution >= 0.6 is 11.8 Å². The highest BCUT2D eigenvalue weighted by Crippen LogP contribution is 2.39. The van der Waals surface area contributed by atoms with Crippen molar-refractivity contribution in [1.82, 2.24) is 19.5 Å². The third-order valence-electron chi connectivity index (χ3n) is 4.75. The molecule has 0 unspecified atom stereocenters. The summed E-state index contributed by atoms with van der Waals surface area (Å²) in [5.74, 6) is 0.163. The number of fused-ring (bicyclic) bond motifs is 1. The molecule has 4 N–H and O–H groups in total. The third kappa shape index (κ3) is 3.46. The van der Waals surface area contributed by atoms with Crippen molar-refractivity contribution >= 4 is 34.4 Å². The zero-order valence-corrected chi connectivity index (χ0v) is 16.5. The fourth-order valence-corrected chi connectivity index (χ4v) is 4.19. The van der Waals surface area contributed by atoms with E-state index < -0.39 is 36.1 Å². The number of aliphatic hydroxyl groups excluding tert-OH is 2. The lowest BCUT2D eigenvalue weighted by atomic mass is 10.1. The average molecular weight is 434 g/mol. The van der Waals surface area contributed by atoms with E-state index >= 15 is 0 Å². The SMILES string of the molecule is CO[C@@H]1[C@H](O)[C@@H](CO)O[C@H]1n1c(Sc2ccc([N+](=O)[O-])cc2)nc2c(N)ncnc21. The number of nitrogens with zero attached hydrogens (tertiary/aromatic N) is 5. The molecule has 1 saturated heterocycles. The Morgan fingerprint density at radius 3 is 2.73 bits per heavy atom. The number of aromatic nitrogens is 4. The van der Waals surface area contributed by atoms with Gasteiger partial charge in [-0.1, -0.05) is 11.8 Å². The molecule has 0 amide bonds. The van der Waals surface area contributed by atoms with E-state index in [0.717, 1.165) is 0 Å². The maximum absolute atomic E-state index is 10.9. The highest BCUT2D eigenvalue weighted by molar-refractivity contribution is 7.99. The fraction of sp³-hybridized carbons (Fsp3) is 0.353. The first-order valence-electron chi connectivity index (χ1n) is 8.82. The molecule has 0 aliphatic carbocycles. The Morgan fingerprint density at radius 2 is 2.10 bits per heavy atom. The Hall–Kier alpha value is -2.84. The largest absolute Gasteiger partial charge is 0.394 e. The van der Waals surface area contributed by atoms with Crippen LogP contribution in [-0.2, 0) is 9.47 Å². The number of anilines is 1. The van der Waals surface area contributed by atoms with Crippen molar-refractivity contribution in [3.63, 3.8) is 0 Å². The highest BCUT2D eigenvalue weighted by atomic mass is 32.2. The Bertz CT molecular complexity index is 1080. The number of nitrogens with two attached hydrogens (primary N) is 1. The minimum Gasteiger partial charge on any atom is -0.394 e. The molecule has 30 heavy (non-hydrogen) atoms. The number of methoxy groups -OCH3 is 1. The number of hydrogen-bond donors (Lipinski definition) is 3. The summed E-state index contributed by atoms with van der Waals surface area (Å²) in [5, 5.41) is 31.3. The van der Waals surface area contributed by atoms with Crippen molar-refractivity contribution in [2.24, 2.45) is 0 Å². The highest BCUT2D eigenvalue weighted by Gasteiger charge is 2.46. The van der Waals surface area contributed by atoms with Crippen molar-refractivity contribution in [3.8, 4) is 0 Å². The van der Waals surface area contributed by atoms with E-state index in [9.17, 15) is 20.3 Å². The topological polar surface area (TPSA) is 172 Å². The Balaban J connectivity index is 1.80. The van der Waals surface area contributed by atoms with Crippen LogP contribution in [0.1, 0.15) is 6.23 Å². The molecule has 4 atom stereocenters. The molecule has 158 valence electrons. The van der Waals surface area contributed by atoms with Gasteiger partial charge in [0.05, 0.1) is 11.5 Å². The molecule has 2 aromatic heterocycles. The van der Waals surface area contributed by atoms with Gasteiger partial charge in [-0.25, -0.2) is 15.0 Å². The summed E-state index contributed by atoms with van der Waals surface area (Å²) in [6.07, 6.45) is -2.28. The first-order chi connectivity index (χ1) is 14.4. The summed E-state index contributed by atoms with van der Waals surface area (Å²) < 4.78 is 12.9. The number of rotatable bonds is 6. The summed E-state index contributed by atoms with van der Waals surface area (Å²) in [5.41, 5.74) is 6.63. The van der Waals surface area contributed by atoms with Gasteiger partial charge >= 0.3 is 0 Å². The number of benzene rings is 1. The van der Waals surface area contributed by atoms with E-state index in [0.29, 0.717) is 21.2 Å². The van der Waals surface area contributed by atoms with E-state index in [1.807, 2.05) is 0 Å². The number of ether oxygens (including phenoxy) is 2. The molecule has 1 aliphatic heterocycles. The lowest BCUT2D eigenvalue weighted by molar-refractivity contribution is -0.384. The lowest BCUT2D eigenvalue weighted by Gasteiger charge is -2.21. The molecular formula is C17H18N6O6S. The van der Waals surface area contributed by atoms with E-state index in [-0.39, 0.29) is 11.5 Å². The van der Waals surface area contributed by atoms with Gasteiger partial charge in [0.25, 0.3) is 5.69 Å². The normalized spacial score (nSPS) is 23.8. The number of hydrogen-bond acceptors (Lipinski definition) is 11. The smallest absolute Gasteiger partial charge is 0.269 e. The minimum absolute atomic E-state index is 0.0320. The van der Waals surface area contributed by atoms with Crippen molar-refractivity contribution in [1.29, 1.82) is 0 Å². The second-order valence-electron chi connectivity index (χ2n) is 6.49. The van der Waals surface area contributed by atoms with Gasteiger partial charge in [0.1, 0.15) is 24.6 Å². The Kier molecular flexibility index (Phi) is 5.53. The molecule has 4 rings (SSSR count). The molecule has 3 heterocycles. The van der Waals surface area contributed by atoms with E-state index in [1.54, 1.807) is 16.7 Å². The average Bonchev–Trinajstić information content (AvgIpc) is 3.25. The Morgan fingerprint density at radius 1 is 1.37 bits per heavy atom. The van der Waals surface area contributed by atoms with Crippen molar-refractivity contribution in [3.05, 3.63) is 40.7 Å². The van der Waals surface area contributed by atoms with E-state index in [4.69, 9.17) is 15.2 Å². The van der Waals surface area contributed by atoms with Gasteiger partial charge in [0.15, 0.2) is 28.4 Å². The van der Waals surface area contributed by atoms with Gasteiger partial charge in [0, 0.05) is 24.1 Å². The maximum atomic E-state index is 10.9. The first-order valence-corrected chi connectivity index (χ1v) is 9.64. The van der Waals surface area contributed by atoms with Crippen LogP contribution in [-0.4, -0.2) is 66.7 Å². The van der Waals surface area contributed by atoms with Crippen LogP contribution in [0.5, 0.6) is 0 Å². The molecule has 0 radical (unpaired) electrons. The summed E-state index contributed by atoms with van der Waals surface area (Å²) in [4.78, 5) is 23.8. The second kappa shape index (κ2) is 8.12. The number of non-ortho nitro benzene ring substituents is 1. The lowest BCUT2D eigenvalue weighted by Crippen LogP contribution is -2.34. The second-order valence-corrected chi connectivity index (χ2v) is 7.53. The predicted molar refractivity (Wildman–Crippen MR) is 105 cm³/mol. The quantitative estimate of drug-likeness (QED) is 0.369. The van der Waals surface area contributed by atoms with E-state index in [1.165, 1.54) is 37.3 Å². The zero-order valence-electron chi connectivity index (χ0n) is 15.7. The third-order valence-corrected chi connectivity index (χ3v) is 5.73. The summed E-state index contributed by atoms with van der Waals surface area (Å²) in [6, 6.07) is 5.96. The number of imidazole rings is 1. The maximum Gasteiger partial charge on any atom is 0.269 e. The molecule has 13 heteroatoms. The van der Waals surface area contributed by atoms with Crippen LogP contribution < -0.4 is 5.73 Å². The molecule has 12 nitrogen and oxygen atoms in total. The molecule has 1 fully saturated rings. The van der Waals surface area contributed by atoms with Gasteiger partial charge in [-0.05, 0) is 12.1 Å².